The van der Waals surface area contributed by atoms with Gasteiger partial charge in [0.2, 0.25) is 0 Å². The summed E-state index contributed by atoms with van der Waals surface area (Å²) in [6.45, 7) is 3.18. The summed E-state index contributed by atoms with van der Waals surface area (Å²) in [5.41, 5.74) is 0. The second-order valence-electron chi connectivity index (χ2n) is 2.22. The minimum absolute atomic E-state index is 0.0179. The topological polar surface area (TPSA) is 9.23 Å². The zero-order chi connectivity index (χ0) is 8.10. The SMILES string of the molecule is [CH2]C(F)COc1ccccc1. The zero-order valence-corrected chi connectivity index (χ0v) is 6.16. The largest absolute Gasteiger partial charge is 0.491 e. The highest BCUT2D eigenvalue weighted by Crippen LogP contribution is 2.08. The van der Waals surface area contributed by atoms with Gasteiger partial charge >= 0.3 is 0 Å². The third-order valence-electron chi connectivity index (χ3n) is 1.17. The fraction of sp³-hybridized carbons (Fsp3) is 0.222. The predicted octanol–water partition coefficient (Wildman–Crippen LogP) is 2.24. The van der Waals surface area contributed by atoms with Crippen LogP contribution in [0.2, 0.25) is 0 Å². The summed E-state index contributed by atoms with van der Waals surface area (Å²) < 4.78 is 17.2. The highest BCUT2D eigenvalue weighted by atomic mass is 19.1. The molecule has 1 nitrogen and oxygen atoms in total. The van der Waals surface area contributed by atoms with Crippen molar-refractivity contribution in [1.82, 2.24) is 0 Å². The van der Waals surface area contributed by atoms with Gasteiger partial charge in [-0.2, -0.15) is 0 Å². The van der Waals surface area contributed by atoms with E-state index < -0.39 is 6.17 Å². The Morgan fingerprint density at radius 2 is 2.00 bits per heavy atom. The lowest BCUT2D eigenvalue weighted by atomic mass is 10.3. The molecule has 1 aromatic carbocycles. The Labute approximate surface area is 65.8 Å². The van der Waals surface area contributed by atoms with Crippen LogP contribution in [0.3, 0.4) is 0 Å². The molecule has 2 heteroatoms. The summed E-state index contributed by atoms with van der Waals surface area (Å²) in [6.07, 6.45) is -1.16. The molecule has 59 valence electrons. The number of alkyl halides is 1. The van der Waals surface area contributed by atoms with Crippen LogP contribution in [-0.4, -0.2) is 12.8 Å². The Morgan fingerprint density at radius 1 is 1.36 bits per heavy atom. The maximum Gasteiger partial charge on any atom is 0.134 e. The van der Waals surface area contributed by atoms with Crippen LogP contribution >= 0.6 is 0 Å². The summed E-state index contributed by atoms with van der Waals surface area (Å²) in [5.74, 6) is 0.679. The van der Waals surface area contributed by atoms with Gasteiger partial charge in [-0.1, -0.05) is 18.2 Å². The molecule has 0 amide bonds. The standard InChI is InChI=1S/C9H10FO/c1-8(10)7-11-9-5-3-2-4-6-9/h2-6,8H,1,7H2. The highest BCUT2D eigenvalue weighted by molar-refractivity contribution is 5.20. The first-order valence-corrected chi connectivity index (χ1v) is 3.44. The van der Waals surface area contributed by atoms with Gasteiger partial charge in [0.25, 0.3) is 0 Å². The van der Waals surface area contributed by atoms with E-state index in [9.17, 15) is 4.39 Å². The van der Waals surface area contributed by atoms with Crippen molar-refractivity contribution in [2.45, 2.75) is 6.17 Å². The first-order chi connectivity index (χ1) is 5.29. The van der Waals surface area contributed by atoms with Crippen molar-refractivity contribution in [3.8, 4) is 5.75 Å². The molecule has 0 saturated heterocycles. The molecule has 0 aliphatic carbocycles. The zero-order valence-electron chi connectivity index (χ0n) is 6.16. The second-order valence-corrected chi connectivity index (χ2v) is 2.22. The van der Waals surface area contributed by atoms with Crippen LogP contribution in [0.25, 0.3) is 0 Å². The van der Waals surface area contributed by atoms with Crippen LogP contribution in [0, 0.1) is 6.92 Å². The molecule has 0 saturated carbocycles. The van der Waals surface area contributed by atoms with E-state index in [4.69, 9.17) is 4.74 Å². The van der Waals surface area contributed by atoms with E-state index in [1.807, 2.05) is 18.2 Å². The lowest BCUT2D eigenvalue weighted by Crippen LogP contribution is -2.08. The quantitative estimate of drug-likeness (QED) is 0.647. The average Bonchev–Trinajstić information content (AvgIpc) is 2.03. The average molecular weight is 153 g/mol. The molecule has 0 aliphatic rings. The second kappa shape index (κ2) is 3.96. The normalized spacial score (nSPS) is 12.5. The van der Waals surface area contributed by atoms with Gasteiger partial charge in [0.05, 0.1) is 0 Å². The van der Waals surface area contributed by atoms with Crippen molar-refractivity contribution in [2.75, 3.05) is 6.61 Å². The van der Waals surface area contributed by atoms with Crippen molar-refractivity contribution >= 4 is 0 Å². The molecule has 0 heterocycles. The molecule has 0 aromatic heterocycles. The fourth-order valence-corrected chi connectivity index (χ4v) is 0.703. The maximum absolute atomic E-state index is 12.2. The molecule has 0 fully saturated rings. The molecular formula is C9H10FO. The van der Waals surface area contributed by atoms with Crippen LogP contribution in [0.5, 0.6) is 5.75 Å². The lowest BCUT2D eigenvalue weighted by Gasteiger charge is -2.05. The van der Waals surface area contributed by atoms with E-state index in [0.29, 0.717) is 5.75 Å². The maximum atomic E-state index is 12.2. The van der Waals surface area contributed by atoms with E-state index >= 15 is 0 Å². The molecule has 0 bridgehead atoms. The molecule has 1 atom stereocenters. The molecule has 0 aliphatic heterocycles. The summed E-state index contributed by atoms with van der Waals surface area (Å²) in [7, 11) is 0. The van der Waals surface area contributed by atoms with Gasteiger partial charge in [-0.15, -0.1) is 0 Å². The first-order valence-electron chi connectivity index (χ1n) is 3.44. The minimum atomic E-state index is -1.16. The van der Waals surface area contributed by atoms with E-state index in [0.717, 1.165) is 0 Å². The minimum Gasteiger partial charge on any atom is -0.491 e. The van der Waals surface area contributed by atoms with E-state index in [1.54, 1.807) is 12.1 Å². The number of rotatable bonds is 3. The van der Waals surface area contributed by atoms with Crippen LogP contribution in [0.1, 0.15) is 0 Å². The van der Waals surface area contributed by atoms with Gasteiger partial charge in [-0.05, 0) is 19.1 Å². The highest BCUT2D eigenvalue weighted by Gasteiger charge is 1.97. The first kappa shape index (κ1) is 8.05. The Morgan fingerprint density at radius 3 is 2.55 bits per heavy atom. The van der Waals surface area contributed by atoms with E-state index in [1.165, 1.54) is 0 Å². The molecule has 0 spiro atoms. The number of benzene rings is 1. The Kier molecular flexibility index (Phi) is 2.90. The molecular weight excluding hydrogens is 143 g/mol. The number of hydrogen-bond donors (Lipinski definition) is 0. The number of halogens is 1. The fourth-order valence-electron chi connectivity index (χ4n) is 0.703. The number of hydrogen-bond acceptors (Lipinski definition) is 1. The summed E-state index contributed by atoms with van der Waals surface area (Å²) in [5, 5.41) is 0. The number of para-hydroxylation sites is 1. The van der Waals surface area contributed by atoms with Gasteiger partial charge in [-0.25, -0.2) is 4.39 Å². The Balaban J connectivity index is 2.39. The van der Waals surface area contributed by atoms with Gasteiger partial charge in [0, 0.05) is 0 Å². The van der Waals surface area contributed by atoms with Crippen molar-refractivity contribution < 1.29 is 9.13 Å². The molecule has 1 aromatic rings. The van der Waals surface area contributed by atoms with Gasteiger partial charge < -0.3 is 4.74 Å². The van der Waals surface area contributed by atoms with E-state index in [-0.39, 0.29) is 6.61 Å². The number of ether oxygens (including phenoxy) is 1. The van der Waals surface area contributed by atoms with Gasteiger partial charge in [0.15, 0.2) is 0 Å². The van der Waals surface area contributed by atoms with Crippen LogP contribution in [-0.2, 0) is 0 Å². The lowest BCUT2D eigenvalue weighted by molar-refractivity contribution is 0.227. The van der Waals surface area contributed by atoms with E-state index in [2.05, 4.69) is 6.92 Å². The van der Waals surface area contributed by atoms with Crippen LogP contribution in [0.4, 0.5) is 4.39 Å². The monoisotopic (exact) mass is 153 g/mol. The molecule has 1 radical (unpaired) electrons. The molecule has 1 rings (SSSR count). The van der Waals surface area contributed by atoms with Gasteiger partial charge in [-0.3, -0.25) is 0 Å². The van der Waals surface area contributed by atoms with Crippen molar-refractivity contribution in [3.05, 3.63) is 37.3 Å². The van der Waals surface area contributed by atoms with Crippen LogP contribution in [0.15, 0.2) is 30.3 Å². The molecule has 0 N–H and O–H groups in total. The van der Waals surface area contributed by atoms with Crippen molar-refractivity contribution in [1.29, 1.82) is 0 Å². The molecule has 1 unspecified atom stereocenters. The Bertz CT molecular complexity index is 196. The smallest absolute Gasteiger partial charge is 0.134 e. The third-order valence-corrected chi connectivity index (χ3v) is 1.17. The molecule has 11 heavy (non-hydrogen) atoms. The third kappa shape index (κ3) is 3.03. The summed E-state index contributed by atoms with van der Waals surface area (Å²) in [4.78, 5) is 0. The van der Waals surface area contributed by atoms with Crippen molar-refractivity contribution in [2.24, 2.45) is 0 Å². The van der Waals surface area contributed by atoms with Crippen LogP contribution < -0.4 is 4.74 Å². The summed E-state index contributed by atoms with van der Waals surface area (Å²) >= 11 is 0. The van der Waals surface area contributed by atoms with Gasteiger partial charge in [0.1, 0.15) is 18.5 Å². The summed E-state index contributed by atoms with van der Waals surface area (Å²) in [6, 6.07) is 9.12. The van der Waals surface area contributed by atoms with Crippen molar-refractivity contribution in [3.63, 3.8) is 0 Å². The Hall–Kier alpha value is -1.05. The predicted molar refractivity (Wildman–Crippen MR) is 42.2 cm³/mol.